The average molecular weight is 412 g/mol. The number of rotatable bonds is 8. The molecule has 0 aromatic heterocycles. The molecule has 1 aliphatic heterocycles. The number of amides is 2. The van der Waals surface area contributed by atoms with E-state index >= 15 is 0 Å². The van der Waals surface area contributed by atoms with E-state index in [0.29, 0.717) is 34.1 Å². The zero-order chi connectivity index (χ0) is 21.0. The molecule has 0 fully saturated rings. The molecule has 2 aromatic carbocycles. The molecule has 0 spiro atoms. The molecule has 0 aliphatic carbocycles. The van der Waals surface area contributed by atoms with Crippen molar-refractivity contribution >= 4 is 34.8 Å². The minimum absolute atomic E-state index is 0.0732. The van der Waals surface area contributed by atoms with Crippen LogP contribution in [0.15, 0.2) is 47.4 Å². The fourth-order valence-corrected chi connectivity index (χ4v) is 4.04. The van der Waals surface area contributed by atoms with E-state index in [1.54, 1.807) is 18.2 Å². The van der Waals surface area contributed by atoms with Crippen LogP contribution < -0.4 is 9.64 Å². The smallest absolute Gasteiger partial charge is 0.272 e. The quantitative estimate of drug-likeness (QED) is 0.663. The van der Waals surface area contributed by atoms with Crippen molar-refractivity contribution in [3.8, 4) is 5.75 Å². The van der Waals surface area contributed by atoms with Crippen LogP contribution in [-0.4, -0.2) is 35.9 Å². The number of anilines is 1. The van der Waals surface area contributed by atoms with Gasteiger partial charge >= 0.3 is 0 Å². The molecule has 6 heteroatoms. The van der Waals surface area contributed by atoms with E-state index in [9.17, 15) is 14.7 Å². The second-order valence-electron chi connectivity index (χ2n) is 6.81. The lowest BCUT2D eigenvalue weighted by atomic mass is 10.1. The molecule has 2 aromatic rings. The van der Waals surface area contributed by atoms with Gasteiger partial charge in [-0.25, -0.2) is 4.90 Å². The van der Waals surface area contributed by atoms with Crippen molar-refractivity contribution in [1.82, 2.24) is 0 Å². The number of carbonyl (C=O) groups excluding carboxylic acids is 2. The lowest BCUT2D eigenvalue weighted by Crippen LogP contribution is -2.32. The fourth-order valence-electron chi connectivity index (χ4n) is 3.18. The van der Waals surface area contributed by atoms with Crippen LogP contribution in [0.1, 0.15) is 30.0 Å². The number of imide groups is 1. The summed E-state index contributed by atoms with van der Waals surface area (Å²) >= 11 is 1.21. The first-order chi connectivity index (χ1) is 14.0. The Balaban J connectivity index is 2.02. The van der Waals surface area contributed by atoms with Gasteiger partial charge in [0.1, 0.15) is 5.75 Å². The molecule has 0 atom stereocenters. The molecule has 0 saturated heterocycles. The van der Waals surface area contributed by atoms with Crippen LogP contribution in [0.2, 0.25) is 0 Å². The van der Waals surface area contributed by atoms with Crippen molar-refractivity contribution in [3.63, 3.8) is 0 Å². The summed E-state index contributed by atoms with van der Waals surface area (Å²) in [7, 11) is 0. The highest BCUT2D eigenvalue weighted by Gasteiger charge is 2.40. The Morgan fingerprint density at radius 2 is 1.76 bits per heavy atom. The highest BCUT2D eigenvalue weighted by molar-refractivity contribution is 8.04. The van der Waals surface area contributed by atoms with Crippen molar-refractivity contribution in [3.05, 3.63) is 64.1 Å². The first-order valence-corrected chi connectivity index (χ1v) is 10.6. The molecule has 3 rings (SSSR count). The molecule has 2 amide bonds. The van der Waals surface area contributed by atoms with Gasteiger partial charge in [-0.15, -0.1) is 11.8 Å². The van der Waals surface area contributed by atoms with Crippen molar-refractivity contribution in [1.29, 1.82) is 0 Å². The number of aliphatic hydroxyl groups is 1. The summed E-state index contributed by atoms with van der Waals surface area (Å²) in [6.45, 7) is 6.44. The van der Waals surface area contributed by atoms with E-state index in [2.05, 4.69) is 0 Å². The van der Waals surface area contributed by atoms with Crippen molar-refractivity contribution in [2.75, 3.05) is 23.9 Å². The summed E-state index contributed by atoms with van der Waals surface area (Å²) in [5, 5.41) is 9.25. The molecule has 29 heavy (non-hydrogen) atoms. The summed E-state index contributed by atoms with van der Waals surface area (Å²) in [5.74, 6) is 0.384. The molecule has 1 heterocycles. The average Bonchev–Trinajstić information content (AvgIpc) is 2.97. The van der Waals surface area contributed by atoms with Crippen molar-refractivity contribution < 1.29 is 19.4 Å². The Hall–Kier alpha value is -2.57. The van der Waals surface area contributed by atoms with Gasteiger partial charge in [0.25, 0.3) is 11.8 Å². The number of ether oxygens (including phenoxy) is 1. The number of hydrogen-bond acceptors (Lipinski definition) is 5. The summed E-state index contributed by atoms with van der Waals surface area (Å²) < 4.78 is 5.62. The van der Waals surface area contributed by atoms with E-state index in [1.165, 1.54) is 16.7 Å². The second kappa shape index (κ2) is 9.29. The minimum Gasteiger partial charge on any atom is -0.494 e. The molecule has 0 unspecified atom stereocenters. The third-order valence-corrected chi connectivity index (χ3v) is 5.87. The van der Waals surface area contributed by atoms with Crippen LogP contribution in [0.5, 0.6) is 5.75 Å². The molecular formula is C23H25NO4S. The van der Waals surface area contributed by atoms with Crippen LogP contribution in [0.3, 0.4) is 0 Å². The number of benzene rings is 2. The van der Waals surface area contributed by atoms with E-state index in [1.807, 2.05) is 45.0 Å². The zero-order valence-corrected chi connectivity index (χ0v) is 17.7. The maximum Gasteiger partial charge on any atom is 0.272 e. The maximum absolute atomic E-state index is 13.4. The number of aliphatic hydroxyl groups excluding tert-OH is 1. The van der Waals surface area contributed by atoms with Crippen LogP contribution in [0.4, 0.5) is 5.69 Å². The Morgan fingerprint density at radius 1 is 1.03 bits per heavy atom. The largest absolute Gasteiger partial charge is 0.494 e. The van der Waals surface area contributed by atoms with E-state index in [-0.39, 0.29) is 18.4 Å². The van der Waals surface area contributed by atoms with Gasteiger partial charge in [0, 0.05) is 5.75 Å². The van der Waals surface area contributed by atoms with Crippen LogP contribution in [-0.2, 0) is 9.59 Å². The Morgan fingerprint density at radius 3 is 2.41 bits per heavy atom. The highest BCUT2D eigenvalue weighted by Crippen LogP contribution is 2.39. The minimum atomic E-state index is -0.344. The van der Waals surface area contributed by atoms with Gasteiger partial charge in [-0.2, -0.15) is 0 Å². The SMILES string of the molecule is CCCOc1ccc(C2=C(SCCO)C(=O)N(c3cccc(C)c3C)C2=O)cc1. The maximum atomic E-state index is 13.4. The lowest BCUT2D eigenvalue weighted by molar-refractivity contribution is -0.119. The molecule has 152 valence electrons. The molecular weight excluding hydrogens is 386 g/mol. The predicted octanol–water partition coefficient (Wildman–Crippen LogP) is 4.10. The van der Waals surface area contributed by atoms with Gasteiger partial charge in [0.15, 0.2) is 0 Å². The Bertz CT molecular complexity index is 950. The zero-order valence-electron chi connectivity index (χ0n) is 16.9. The van der Waals surface area contributed by atoms with Gasteiger partial charge in [0.05, 0.1) is 29.4 Å². The summed E-state index contributed by atoms with van der Waals surface area (Å²) in [6, 6.07) is 12.8. The monoisotopic (exact) mass is 411 g/mol. The standard InChI is InChI=1S/C23H25NO4S/c1-4-13-28-18-10-8-17(9-11-18)20-21(29-14-12-25)23(27)24(22(20)26)19-7-5-6-15(2)16(19)3/h5-11,25H,4,12-14H2,1-3H3. The Labute approximate surface area is 175 Å². The van der Waals surface area contributed by atoms with Gasteiger partial charge in [-0.05, 0) is 55.2 Å². The lowest BCUT2D eigenvalue weighted by Gasteiger charge is -2.19. The van der Waals surface area contributed by atoms with Gasteiger partial charge < -0.3 is 9.84 Å². The summed E-state index contributed by atoms with van der Waals surface area (Å²) in [5.41, 5.74) is 3.54. The van der Waals surface area contributed by atoms with Gasteiger partial charge in [-0.1, -0.05) is 31.2 Å². The van der Waals surface area contributed by atoms with Gasteiger partial charge in [0.2, 0.25) is 0 Å². The highest BCUT2D eigenvalue weighted by atomic mass is 32.2. The number of aryl methyl sites for hydroxylation is 1. The normalized spacial score (nSPS) is 14.1. The molecule has 0 radical (unpaired) electrons. The van der Waals surface area contributed by atoms with Crippen LogP contribution in [0.25, 0.3) is 5.57 Å². The predicted molar refractivity (Wildman–Crippen MR) is 117 cm³/mol. The van der Waals surface area contributed by atoms with Crippen LogP contribution in [0, 0.1) is 13.8 Å². The van der Waals surface area contributed by atoms with Crippen molar-refractivity contribution in [2.45, 2.75) is 27.2 Å². The molecule has 1 aliphatic rings. The number of nitrogens with zero attached hydrogens (tertiary/aromatic N) is 1. The van der Waals surface area contributed by atoms with E-state index in [4.69, 9.17) is 4.74 Å². The van der Waals surface area contributed by atoms with Gasteiger partial charge in [-0.3, -0.25) is 9.59 Å². The second-order valence-corrected chi connectivity index (χ2v) is 7.92. The van der Waals surface area contributed by atoms with Crippen molar-refractivity contribution in [2.24, 2.45) is 0 Å². The molecule has 0 bridgehead atoms. The summed E-state index contributed by atoms with van der Waals surface area (Å²) in [6.07, 6.45) is 0.909. The first kappa shape index (κ1) is 21.1. The van der Waals surface area contributed by atoms with E-state index in [0.717, 1.165) is 23.3 Å². The first-order valence-electron chi connectivity index (χ1n) is 9.65. The fraction of sp³-hybridized carbons (Fsp3) is 0.304. The topological polar surface area (TPSA) is 66.8 Å². The molecule has 1 N–H and O–H groups in total. The third-order valence-electron chi connectivity index (χ3n) is 4.81. The number of hydrogen-bond donors (Lipinski definition) is 1. The third kappa shape index (κ3) is 4.23. The number of thioether (sulfide) groups is 1. The molecule has 0 saturated carbocycles. The molecule has 5 nitrogen and oxygen atoms in total. The number of carbonyl (C=O) groups is 2. The summed E-state index contributed by atoms with van der Waals surface area (Å²) in [4.78, 5) is 28.2. The Kier molecular flexibility index (Phi) is 6.77. The van der Waals surface area contributed by atoms with E-state index < -0.39 is 0 Å². The van der Waals surface area contributed by atoms with Crippen LogP contribution >= 0.6 is 11.8 Å².